The van der Waals surface area contributed by atoms with Gasteiger partial charge in [-0.05, 0) is 67.4 Å². The number of hydrogen-bond donors (Lipinski definition) is 2. The molecule has 1 aliphatic heterocycles. The van der Waals surface area contributed by atoms with Crippen LogP contribution in [0.3, 0.4) is 0 Å². The number of halogens is 1. The molecule has 1 unspecified atom stereocenters. The van der Waals surface area contributed by atoms with Crippen LogP contribution >= 0.6 is 11.6 Å². The van der Waals surface area contributed by atoms with Crippen LogP contribution in [0.5, 0.6) is 11.5 Å². The summed E-state index contributed by atoms with van der Waals surface area (Å²) in [4.78, 5) is 12.9. The highest BCUT2D eigenvalue weighted by Gasteiger charge is 2.21. The Morgan fingerprint density at radius 1 is 1.00 bits per heavy atom. The van der Waals surface area contributed by atoms with Crippen LogP contribution in [0.2, 0.25) is 5.02 Å². The second-order valence-electron chi connectivity index (χ2n) is 7.71. The van der Waals surface area contributed by atoms with E-state index in [0.717, 1.165) is 11.1 Å². The molecule has 9 heteroatoms. The molecule has 2 N–H and O–H groups in total. The molecule has 3 aromatic carbocycles. The summed E-state index contributed by atoms with van der Waals surface area (Å²) in [7, 11) is -3.91. The average molecular weight is 487 g/mol. The maximum absolute atomic E-state index is 13.0. The molecule has 0 radical (unpaired) electrons. The summed E-state index contributed by atoms with van der Waals surface area (Å²) in [5, 5.41) is 3.01. The van der Waals surface area contributed by atoms with Gasteiger partial charge in [-0.15, -0.1) is 0 Å². The molecular weight excluding hydrogens is 464 g/mol. The van der Waals surface area contributed by atoms with Gasteiger partial charge in [0.15, 0.2) is 11.5 Å². The Morgan fingerprint density at radius 2 is 1.76 bits per heavy atom. The van der Waals surface area contributed by atoms with E-state index in [1.165, 1.54) is 18.2 Å². The van der Waals surface area contributed by atoms with Gasteiger partial charge in [-0.1, -0.05) is 29.8 Å². The molecule has 0 spiro atoms. The predicted octanol–water partition coefficient (Wildman–Crippen LogP) is 4.71. The van der Waals surface area contributed by atoms with E-state index in [9.17, 15) is 13.2 Å². The number of carbonyl (C=O) groups excluding carboxylic acids is 1. The van der Waals surface area contributed by atoms with E-state index >= 15 is 0 Å². The van der Waals surface area contributed by atoms with Gasteiger partial charge in [0.2, 0.25) is 0 Å². The first-order chi connectivity index (χ1) is 15.7. The van der Waals surface area contributed by atoms with E-state index in [1.54, 1.807) is 24.3 Å². The van der Waals surface area contributed by atoms with Crippen LogP contribution in [0.25, 0.3) is 0 Å². The van der Waals surface area contributed by atoms with Crippen LogP contribution in [0.15, 0.2) is 65.6 Å². The van der Waals surface area contributed by atoms with E-state index in [0.29, 0.717) is 30.4 Å². The summed E-state index contributed by atoms with van der Waals surface area (Å²) in [6.07, 6.45) is 0. The minimum atomic E-state index is -3.91. The van der Waals surface area contributed by atoms with Crippen molar-refractivity contribution in [2.75, 3.05) is 17.9 Å². The van der Waals surface area contributed by atoms with Gasteiger partial charge >= 0.3 is 0 Å². The lowest BCUT2D eigenvalue weighted by atomic mass is 10.1. The van der Waals surface area contributed by atoms with Crippen molar-refractivity contribution in [1.29, 1.82) is 0 Å². The van der Waals surface area contributed by atoms with Gasteiger partial charge in [-0.2, -0.15) is 0 Å². The third kappa shape index (κ3) is 5.23. The highest BCUT2D eigenvalue weighted by atomic mass is 35.5. The van der Waals surface area contributed by atoms with E-state index in [1.807, 2.05) is 32.0 Å². The zero-order chi connectivity index (χ0) is 23.6. The third-order valence-corrected chi connectivity index (χ3v) is 6.89. The molecule has 33 heavy (non-hydrogen) atoms. The smallest absolute Gasteiger partial charge is 0.261 e. The number of sulfonamides is 1. The molecule has 1 aliphatic rings. The summed E-state index contributed by atoms with van der Waals surface area (Å²) >= 11 is 6.23. The van der Waals surface area contributed by atoms with Gasteiger partial charge in [-0.25, -0.2) is 8.42 Å². The maximum atomic E-state index is 13.0. The molecule has 7 nitrogen and oxygen atoms in total. The van der Waals surface area contributed by atoms with Crippen molar-refractivity contribution in [3.05, 3.63) is 82.4 Å². The number of fused-ring (bicyclic) bond motifs is 1. The molecule has 0 aromatic heterocycles. The zero-order valence-electron chi connectivity index (χ0n) is 18.1. The van der Waals surface area contributed by atoms with E-state index in [-0.39, 0.29) is 21.5 Å². The lowest BCUT2D eigenvalue weighted by molar-refractivity contribution is 0.0939. The Kier molecular flexibility index (Phi) is 6.49. The summed E-state index contributed by atoms with van der Waals surface area (Å²) in [5.74, 6) is 0.786. The molecule has 4 rings (SSSR count). The van der Waals surface area contributed by atoms with Crippen molar-refractivity contribution in [2.24, 2.45) is 0 Å². The predicted molar refractivity (Wildman–Crippen MR) is 127 cm³/mol. The highest BCUT2D eigenvalue weighted by molar-refractivity contribution is 7.92. The summed E-state index contributed by atoms with van der Waals surface area (Å²) in [6, 6.07) is 16.1. The fourth-order valence-electron chi connectivity index (χ4n) is 3.46. The van der Waals surface area contributed by atoms with Crippen molar-refractivity contribution >= 4 is 33.2 Å². The van der Waals surface area contributed by atoms with Crippen molar-refractivity contribution in [2.45, 2.75) is 24.8 Å². The largest absolute Gasteiger partial charge is 0.486 e. The summed E-state index contributed by atoms with van der Waals surface area (Å²) in [5.41, 5.74) is 2.23. The molecule has 1 amide bonds. The minimum Gasteiger partial charge on any atom is -0.486 e. The fourth-order valence-corrected chi connectivity index (χ4v) is 4.73. The van der Waals surface area contributed by atoms with Gasteiger partial charge < -0.3 is 14.8 Å². The summed E-state index contributed by atoms with van der Waals surface area (Å²) in [6.45, 7) is 4.64. The number of hydrogen-bond acceptors (Lipinski definition) is 5. The standard InChI is InChI=1S/C24H23ClN2O5S/c1-15-4-3-5-18(12-15)27-33(29,30)19-7-8-21(25)20(14-19)24(28)26-16(2)17-6-9-22-23(13-17)32-11-10-31-22/h3-9,12-14,16,27H,10-11H2,1-2H3,(H,26,28). The van der Waals surface area contributed by atoms with Gasteiger partial charge in [0.1, 0.15) is 13.2 Å². The second kappa shape index (κ2) is 9.33. The molecule has 0 saturated heterocycles. The van der Waals surface area contributed by atoms with Crippen LogP contribution in [-0.4, -0.2) is 27.5 Å². The van der Waals surface area contributed by atoms with Crippen molar-refractivity contribution < 1.29 is 22.7 Å². The minimum absolute atomic E-state index is 0.0631. The molecule has 0 bridgehead atoms. The van der Waals surface area contributed by atoms with Gasteiger partial charge in [0.05, 0.1) is 21.5 Å². The maximum Gasteiger partial charge on any atom is 0.261 e. The average Bonchev–Trinajstić information content (AvgIpc) is 2.78. The van der Waals surface area contributed by atoms with Gasteiger partial charge in [0, 0.05) is 5.69 Å². The van der Waals surface area contributed by atoms with Crippen molar-refractivity contribution in [3.63, 3.8) is 0 Å². The Morgan fingerprint density at radius 3 is 2.52 bits per heavy atom. The first kappa shape index (κ1) is 22.9. The first-order valence-electron chi connectivity index (χ1n) is 10.3. The fraction of sp³-hybridized carbons (Fsp3) is 0.208. The third-order valence-electron chi connectivity index (χ3n) is 5.18. The molecule has 172 valence electrons. The Bertz CT molecular complexity index is 1310. The zero-order valence-corrected chi connectivity index (χ0v) is 19.7. The molecule has 3 aromatic rings. The monoisotopic (exact) mass is 486 g/mol. The molecule has 0 fully saturated rings. The SMILES string of the molecule is Cc1cccc(NS(=O)(=O)c2ccc(Cl)c(C(=O)NC(C)c3ccc4c(c3)OCCO4)c2)c1. The van der Waals surface area contributed by atoms with Crippen LogP contribution < -0.4 is 19.5 Å². The number of nitrogens with one attached hydrogen (secondary N) is 2. The van der Waals surface area contributed by atoms with E-state index in [4.69, 9.17) is 21.1 Å². The topological polar surface area (TPSA) is 93.7 Å². The number of carbonyl (C=O) groups is 1. The number of aryl methyl sites for hydroxylation is 1. The Labute approximate surface area is 197 Å². The van der Waals surface area contributed by atoms with Crippen LogP contribution in [-0.2, 0) is 10.0 Å². The van der Waals surface area contributed by atoms with Gasteiger partial charge in [-0.3, -0.25) is 9.52 Å². The number of anilines is 1. The number of ether oxygens (including phenoxy) is 2. The number of benzene rings is 3. The van der Waals surface area contributed by atoms with E-state index < -0.39 is 15.9 Å². The molecule has 0 saturated carbocycles. The molecule has 1 atom stereocenters. The lowest BCUT2D eigenvalue weighted by Crippen LogP contribution is -2.27. The summed E-state index contributed by atoms with van der Waals surface area (Å²) < 4.78 is 39.4. The quantitative estimate of drug-likeness (QED) is 0.526. The Balaban J connectivity index is 1.54. The van der Waals surface area contributed by atoms with E-state index in [2.05, 4.69) is 10.0 Å². The van der Waals surface area contributed by atoms with Crippen molar-refractivity contribution in [3.8, 4) is 11.5 Å². The normalized spacial score (nSPS) is 13.8. The highest BCUT2D eigenvalue weighted by Crippen LogP contribution is 2.33. The van der Waals surface area contributed by atoms with Crippen molar-refractivity contribution in [1.82, 2.24) is 5.32 Å². The lowest BCUT2D eigenvalue weighted by Gasteiger charge is -2.21. The van der Waals surface area contributed by atoms with Gasteiger partial charge in [0.25, 0.3) is 15.9 Å². The number of amides is 1. The second-order valence-corrected chi connectivity index (χ2v) is 9.80. The van der Waals surface area contributed by atoms with Crippen LogP contribution in [0.1, 0.15) is 34.5 Å². The van der Waals surface area contributed by atoms with Crippen LogP contribution in [0.4, 0.5) is 5.69 Å². The molecule has 1 heterocycles. The molecular formula is C24H23ClN2O5S. The molecule has 0 aliphatic carbocycles. The number of rotatable bonds is 6. The first-order valence-corrected chi connectivity index (χ1v) is 12.2. The van der Waals surface area contributed by atoms with Crippen LogP contribution in [0, 0.1) is 6.92 Å². The Hall–Kier alpha value is -3.23.